The van der Waals surface area contributed by atoms with Crippen LogP contribution in [0.1, 0.15) is 11.1 Å². The summed E-state index contributed by atoms with van der Waals surface area (Å²) in [7, 11) is 1.69. The Morgan fingerprint density at radius 3 is 2.25 bits per heavy atom. The summed E-state index contributed by atoms with van der Waals surface area (Å²) >= 11 is 0. The molecule has 0 aliphatic carbocycles. The lowest BCUT2D eigenvalue weighted by atomic mass is 10.1. The summed E-state index contributed by atoms with van der Waals surface area (Å²) in [4.78, 5) is 0. The van der Waals surface area contributed by atoms with Crippen LogP contribution in [0, 0.1) is 0 Å². The van der Waals surface area contributed by atoms with Crippen molar-refractivity contribution in [2.75, 3.05) is 20.2 Å². The van der Waals surface area contributed by atoms with Gasteiger partial charge in [-0.15, -0.1) is 0 Å². The summed E-state index contributed by atoms with van der Waals surface area (Å²) in [6.07, 6.45) is 1.91. The minimum absolute atomic E-state index is 0.332. The molecule has 0 aliphatic heterocycles. The van der Waals surface area contributed by atoms with E-state index < -0.39 is 0 Å². The first-order valence-corrected chi connectivity index (χ1v) is 6.89. The van der Waals surface area contributed by atoms with Gasteiger partial charge in [-0.25, -0.2) is 0 Å². The molecule has 20 heavy (non-hydrogen) atoms. The van der Waals surface area contributed by atoms with Crippen molar-refractivity contribution in [1.29, 1.82) is 0 Å². The van der Waals surface area contributed by atoms with Gasteiger partial charge in [-0.1, -0.05) is 24.3 Å². The molecule has 0 unspecified atom stereocenters. The van der Waals surface area contributed by atoms with Gasteiger partial charge in [0.25, 0.3) is 0 Å². The Morgan fingerprint density at radius 1 is 0.950 bits per heavy atom. The number of aromatic hydroxyl groups is 1. The second-order valence-corrected chi connectivity index (χ2v) is 4.77. The second kappa shape index (κ2) is 7.56. The summed E-state index contributed by atoms with van der Waals surface area (Å²) in [6, 6.07) is 15.6. The number of rotatable bonds is 7. The molecule has 0 radical (unpaired) electrons. The standard InChI is InChI=1S/C17H21NO2/c1-20-17-7-3-5-15(13-17)9-11-18-10-8-14-4-2-6-16(19)12-14/h2-7,12-13,18-19H,8-11H2,1H3. The summed E-state index contributed by atoms with van der Waals surface area (Å²) in [5.74, 6) is 1.24. The highest BCUT2D eigenvalue weighted by Crippen LogP contribution is 2.13. The highest BCUT2D eigenvalue weighted by atomic mass is 16.5. The molecule has 3 heteroatoms. The van der Waals surface area contributed by atoms with Crippen molar-refractivity contribution in [3.63, 3.8) is 0 Å². The zero-order valence-corrected chi connectivity index (χ0v) is 11.8. The SMILES string of the molecule is COc1cccc(CCNCCc2cccc(O)c2)c1. The largest absolute Gasteiger partial charge is 0.508 e. The number of hydrogen-bond acceptors (Lipinski definition) is 3. The number of hydrogen-bond donors (Lipinski definition) is 2. The first kappa shape index (κ1) is 14.4. The third-order valence-corrected chi connectivity index (χ3v) is 3.23. The van der Waals surface area contributed by atoms with E-state index in [-0.39, 0.29) is 0 Å². The molecule has 106 valence electrons. The Hall–Kier alpha value is -2.00. The molecule has 0 aromatic heterocycles. The van der Waals surface area contributed by atoms with Crippen LogP contribution in [0.5, 0.6) is 11.5 Å². The molecule has 2 rings (SSSR count). The van der Waals surface area contributed by atoms with Gasteiger partial charge in [0.05, 0.1) is 7.11 Å². The molecule has 0 fully saturated rings. The van der Waals surface area contributed by atoms with Crippen molar-refractivity contribution >= 4 is 0 Å². The Morgan fingerprint density at radius 2 is 1.60 bits per heavy atom. The molecule has 0 aliphatic rings. The quantitative estimate of drug-likeness (QED) is 0.761. The molecule has 0 saturated carbocycles. The van der Waals surface area contributed by atoms with E-state index in [4.69, 9.17) is 4.74 Å². The molecule has 2 N–H and O–H groups in total. The predicted octanol–water partition coefficient (Wildman–Crippen LogP) is 2.78. The van der Waals surface area contributed by atoms with Gasteiger partial charge in [0.15, 0.2) is 0 Å². The maximum absolute atomic E-state index is 9.38. The van der Waals surface area contributed by atoms with E-state index in [1.54, 1.807) is 13.2 Å². The number of benzene rings is 2. The van der Waals surface area contributed by atoms with Crippen LogP contribution in [0.25, 0.3) is 0 Å². The van der Waals surface area contributed by atoms with Crippen LogP contribution >= 0.6 is 0 Å². The third kappa shape index (κ3) is 4.59. The number of phenolic OH excluding ortho intramolecular Hbond substituents is 1. The maximum atomic E-state index is 9.38. The van der Waals surface area contributed by atoms with Crippen LogP contribution in [0.3, 0.4) is 0 Å². The number of nitrogens with one attached hydrogen (secondary N) is 1. The van der Waals surface area contributed by atoms with Crippen LogP contribution < -0.4 is 10.1 Å². The van der Waals surface area contributed by atoms with Crippen LogP contribution in [0.2, 0.25) is 0 Å². The first-order valence-electron chi connectivity index (χ1n) is 6.89. The van der Waals surface area contributed by atoms with Crippen molar-refractivity contribution in [1.82, 2.24) is 5.32 Å². The smallest absolute Gasteiger partial charge is 0.119 e. The topological polar surface area (TPSA) is 41.5 Å². The molecule has 3 nitrogen and oxygen atoms in total. The minimum atomic E-state index is 0.332. The molecular weight excluding hydrogens is 250 g/mol. The van der Waals surface area contributed by atoms with Crippen LogP contribution in [-0.4, -0.2) is 25.3 Å². The van der Waals surface area contributed by atoms with E-state index in [1.165, 1.54) is 5.56 Å². The van der Waals surface area contributed by atoms with Crippen molar-refractivity contribution < 1.29 is 9.84 Å². The van der Waals surface area contributed by atoms with Gasteiger partial charge < -0.3 is 15.2 Å². The Balaban J connectivity index is 1.68. The molecule has 0 heterocycles. The number of ether oxygens (including phenoxy) is 1. The molecule has 0 spiro atoms. The average Bonchev–Trinajstić information content (AvgIpc) is 2.47. The Kier molecular flexibility index (Phi) is 5.44. The van der Waals surface area contributed by atoms with Crippen LogP contribution in [-0.2, 0) is 12.8 Å². The summed E-state index contributed by atoms with van der Waals surface area (Å²) in [5, 5.41) is 12.8. The number of phenols is 1. The summed E-state index contributed by atoms with van der Waals surface area (Å²) in [5.41, 5.74) is 2.42. The maximum Gasteiger partial charge on any atom is 0.119 e. The van der Waals surface area contributed by atoms with Gasteiger partial charge in [0.1, 0.15) is 11.5 Å². The van der Waals surface area contributed by atoms with Crippen molar-refractivity contribution in [3.05, 3.63) is 59.7 Å². The lowest BCUT2D eigenvalue weighted by molar-refractivity contribution is 0.414. The van der Waals surface area contributed by atoms with E-state index in [2.05, 4.69) is 17.4 Å². The van der Waals surface area contributed by atoms with Crippen LogP contribution in [0.15, 0.2) is 48.5 Å². The van der Waals surface area contributed by atoms with E-state index in [0.29, 0.717) is 5.75 Å². The molecule has 0 bridgehead atoms. The van der Waals surface area contributed by atoms with Gasteiger partial charge in [0, 0.05) is 0 Å². The second-order valence-electron chi connectivity index (χ2n) is 4.77. The zero-order valence-electron chi connectivity index (χ0n) is 11.8. The van der Waals surface area contributed by atoms with Crippen molar-refractivity contribution in [2.24, 2.45) is 0 Å². The fraction of sp³-hybridized carbons (Fsp3) is 0.294. The predicted molar refractivity (Wildman–Crippen MR) is 81.4 cm³/mol. The Labute approximate surface area is 120 Å². The van der Waals surface area contributed by atoms with Crippen molar-refractivity contribution in [3.8, 4) is 11.5 Å². The first-order chi connectivity index (χ1) is 9.78. The van der Waals surface area contributed by atoms with Gasteiger partial charge >= 0.3 is 0 Å². The third-order valence-electron chi connectivity index (χ3n) is 3.23. The van der Waals surface area contributed by atoms with Gasteiger partial charge in [-0.3, -0.25) is 0 Å². The molecular formula is C17H21NO2. The summed E-state index contributed by atoms with van der Waals surface area (Å²) < 4.78 is 5.21. The lowest BCUT2D eigenvalue weighted by Gasteiger charge is -2.07. The minimum Gasteiger partial charge on any atom is -0.508 e. The van der Waals surface area contributed by atoms with Gasteiger partial charge in [0.2, 0.25) is 0 Å². The average molecular weight is 271 g/mol. The molecule has 0 saturated heterocycles. The summed E-state index contributed by atoms with van der Waals surface area (Å²) in [6.45, 7) is 1.85. The molecule has 0 amide bonds. The normalized spacial score (nSPS) is 10.4. The van der Waals surface area contributed by atoms with Crippen LogP contribution in [0.4, 0.5) is 0 Å². The molecule has 2 aromatic rings. The number of methoxy groups -OCH3 is 1. The monoisotopic (exact) mass is 271 g/mol. The van der Waals surface area contributed by atoms with Crippen molar-refractivity contribution in [2.45, 2.75) is 12.8 Å². The zero-order chi connectivity index (χ0) is 14.2. The molecule has 2 aromatic carbocycles. The molecule has 0 atom stereocenters. The van der Waals surface area contributed by atoms with E-state index in [9.17, 15) is 5.11 Å². The highest BCUT2D eigenvalue weighted by molar-refractivity contribution is 5.29. The Bertz CT molecular complexity index is 540. The fourth-order valence-electron chi connectivity index (χ4n) is 2.13. The van der Waals surface area contributed by atoms with E-state index >= 15 is 0 Å². The lowest BCUT2D eigenvalue weighted by Crippen LogP contribution is -2.20. The van der Waals surface area contributed by atoms with Gasteiger partial charge in [-0.05, 0) is 61.3 Å². The fourth-order valence-corrected chi connectivity index (χ4v) is 2.13. The van der Waals surface area contributed by atoms with E-state index in [0.717, 1.165) is 37.2 Å². The van der Waals surface area contributed by atoms with Gasteiger partial charge in [-0.2, -0.15) is 0 Å². The highest BCUT2D eigenvalue weighted by Gasteiger charge is 1.97. The van der Waals surface area contributed by atoms with E-state index in [1.807, 2.05) is 30.3 Å².